The lowest BCUT2D eigenvalue weighted by molar-refractivity contribution is -0.0253. The Morgan fingerprint density at radius 3 is 2.40 bits per heavy atom. The van der Waals surface area contributed by atoms with E-state index in [0.29, 0.717) is 11.8 Å². The van der Waals surface area contributed by atoms with Crippen molar-refractivity contribution < 1.29 is 9.84 Å². The maximum absolute atomic E-state index is 9.21. The van der Waals surface area contributed by atoms with Crippen LogP contribution in [0.15, 0.2) is 0 Å². The molecule has 1 saturated carbocycles. The van der Waals surface area contributed by atoms with E-state index in [0.717, 1.165) is 6.61 Å². The summed E-state index contributed by atoms with van der Waals surface area (Å²) in [7, 11) is 0. The summed E-state index contributed by atoms with van der Waals surface area (Å²) in [5.74, 6) is 1.05. The Morgan fingerprint density at radius 2 is 1.93 bits per heavy atom. The smallest absolute Gasteiger partial charge is 0.0958 e. The molecule has 3 nitrogen and oxygen atoms in total. The predicted molar refractivity (Wildman–Crippen MR) is 61.6 cm³/mol. The Morgan fingerprint density at radius 1 is 1.33 bits per heavy atom. The van der Waals surface area contributed by atoms with E-state index < -0.39 is 0 Å². The highest BCUT2D eigenvalue weighted by Gasteiger charge is 2.23. The molecule has 2 unspecified atom stereocenters. The van der Waals surface area contributed by atoms with Crippen molar-refractivity contribution in [3.05, 3.63) is 0 Å². The average molecular weight is 215 g/mol. The van der Waals surface area contributed by atoms with Gasteiger partial charge in [-0.3, -0.25) is 0 Å². The summed E-state index contributed by atoms with van der Waals surface area (Å²) in [5.41, 5.74) is 5.97. The third kappa shape index (κ3) is 4.09. The first-order valence-electron chi connectivity index (χ1n) is 6.13. The van der Waals surface area contributed by atoms with E-state index in [4.69, 9.17) is 10.5 Å². The minimum Gasteiger partial charge on any atom is -0.394 e. The zero-order valence-corrected chi connectivity index (χ0v) is 9.98. The SMILES string of the molecule is CC(C)C(N)C(CO)OCC1CCCC1. The molecule has 90 valence electrons. The van der Waals surface area contributed by atoms with Gasteiger partial charge in [0, 0.05) is 12.6 Å². The summed E-state index contributed by atoms with van der Waals surface area (Å²) < 4.78 is 5.72. The lowest BCUT2D eigenvalue weighted by atomic mass is 10.00. The minimum atomic E-state index is -0.189. The molecule has 1 rings (SSSR count). The van der Waals surface area contributed by atoms with Crippen molar-refractivity contribution >= 4 is 0 Å². The van der Waals surface area contributed by atoms with Crippen LogP contribution in [0.1, 0.15) is 39.5 Å². The van der Waals surface area contributed by atoms with Crippen LogP contribution in [0.4, 0.5) is 0 Å². The maximum Gasteiger partial charge on any atom is 0.0958 e. The molecule has 0 bridgehead atoms. The number of hydrogen-bond acceptors (Lipinski definition) is 3. The van der Waals surface area contributed by atoms with Gasteiger partial charge in [0.2, 0.25) is 0 Å². The standard InChI is InChI=1S/C12H25NO2/c1-9(2)12(13)11(7-14)15-8-10-5-3-4-6-10/h9-12,14H,3-8,13H2,1-2H3. The van der Waals surface area contributed by atoms with Crippen LogP contribution < -0.4 is 5.73 Å². The first-order chi connectivity index (χ1) is 7.15. The molecule has 0 heterocycles. The van der Waals surface area contributed by atoms with Crippen LogP contribution in [0.2, 0.25) is 0 Å². The van der Waals surface area contributed by atoms with Gasteiger partial charge in [0.1, 0.15) is 0 Å². The fraction of sp³-hybridized carbons (Fsp3) is 1.00. The van der Waals surface area contributed by atoms with Crippen molar-refractivity contribution in [2.75, 3.05) is 13.2 Å². The summed E-state index contributed by atoms with van der Waals surface area (Å²) >= 11 is 0. The molecule has 1 fully saturated rings. The van der Waals surface area contributed by atoms with Crippen molar-refractivity contribution in [3.63, 3.8) is 0 Å². The molecule has 15 heavy (non-hydrogen) atoms. The number of aliphatic hydroxyl groups excluding tert-OH is 1. The lowest BCUT2D eigenvalue weighted by Crippen LogP contribution is -2.43. The van der Waals surface area contributed by atoms with Gasteiger partial charge in [-0.2, -0.15) is 0 Å². The van der Waals surface area contributed by atoms with E-state index in [2.05, 4.69) is 13.8 Å². The maximum atomic E-state index is 9.21. The number of hydrogen-bond donors (Lipinski definition) is 2. The average Bonchev–Trinajstić information content (AvgIpc) is 2.71. The van der Waals surface area contributed by atoms with Crippen LogP contribution in [0.5, 0.6) is 0 Å². The van der Waals surface area contributed by atoms with Crippen LogP contribution in [0.25, 0.3) is 0 Å². The van der Waals surface area contributed by atoms with Crippen molar-refractivity contribution in [1.82, 2.24) is 0 Å². The summed E-state index contributed by atoms with van der Waals surface area (Å²) in [6.07, 6.45) is 5.01. The van der Waals surface area contributed by atoms with E-state index in [1.165, 1.54) is 25.7 Å². The first kappa shape index (κ1) is 12.9. The second-order valence-corrected chi connectivity index (χ2v) is 5.03. The quantitative estimate of drug-likeness (QED) is 0.706. The van der Waals surface area contributed by atoms with Crippen LogP contribution in [-0.2, 0) is 4.74 Å². The number of aliphatic hydroxyl groups is 1. The Labute approximate surface area is 93.0 Å². The van der Waals surface area contributed by atoms with E-state index in [1.54, 1.807) is 0 Å². The molecular weight excluding hydrogens is 190 g/mol. The van der Waals surface area contributed by atoms with E-state index in [-0.39, 0.29) is 18.8 Å². The van der Waals surface area contributed by atoms with Crippen LogP contribution in [0.3, 0.4) is 0 Å². The second kappa shape index (κ2) is 6.46. The molecule has 0 aliphatic heterocycles. The van der Waals surface area contributed by atoms with Gasteiger partial charge in [-0.05, 0) is 24.7 Å². The fourth-order valence-electron chi connectivity index (χ4n) is 2.15. The van der Waals surface area contributed by atoms with Gasteiger partial charge in [-0.15, -0.1) is 0 Å². The number of rotatable bonds is 6. The molecule has 2 atom stereocenters. The highest BCUT2D eigenvalue weighted by molar-refractivity contribution is 4.77. The molecule has 3 N–H and O–H groups in total. The summed E-state index contributed by atoms with van der Waals surface area (Å²) in [4.78, 5) is 0. The first-order valence-corrected chi connectivity index (χ1v) is 6.13. The lowest BCUT2D eigenvalue weighted by Gasteiger charge is -2.26. The molecule has 0 aromatic carbocycles. The minimum absolute atomic E-state index is 0.0338. The molecule has 0 spiro atoms. The molecule has 0 aromatic heterocycles. The monoisotopic (exact) mass is 215 g/mol. The Bertz CT molecular complexity index is 167. The Balaban J connectivity index is 2.26. The Kier molecular flexibility index (Phi) is 5.58. The van der Waals surface area contributed by atoms with Gasteiger partial charge in [-0.25, -0.2) is 0 Å². The molecule has 1 aliphatic carbocycles. The van der Waals surface area contributed by atoms with Gasteiger partial charge in [-0.1, -0.05) is 26.7 Å². The van der Waals surface area contributed by atoms with E-state index >= 15 is 0 Å². The van der Waals surface area contributed by atoms with Crippen LogP contribution >= 0.6 is 0 Å². The fourth-order valence-corrected chi connectivity index (χ4v) is 2.15. The second-order valence-electron chi connectivity index (χ2n) is 5.03. The molecule has 0 amide bonds. The third-order valence-electron chi connectivity index (χ3n) is 3.40. The largest absolute Gasteiger partial charge is 0.394 e. The van der Waals surface area contributed by atoms with Gasteiger partial charge < -0.3 is 15.6 Å². The highest BCUT2D eigenvalue weighted by Crippen LogP contribution is 2.25. The van der Waals surface area contributed by atoms with Crippen molar-refractivity contribution in [3.8, 4) is 0 Å². The number of ether oxygens (including phenoxy) is 1. The molecule has 1 aliphatic rings. The highest BCUT2D eigenvalue weighted by atomic mass is 16.5. The summed E-state index contributed by atoms with van der Waals surface area (Å²) in [6, 6.07) is -0.0589. The van der Waals surface area contributed by atoms with Gasteiger partial charge in [0.05, 0.1) is 12.7 Å². The van der Waals surface area contributed by atoms with Crippen LogP contribution in [0, 0.1) is 11.8 Å². The van der Waals surface area contributed by atoms with Crippen molar-refractivity contribution in [2.45, 2.75) is 51.7 Å². The van der Waals surface area contributed by atoms with Crippen molar-refractivity contribution in [2.24, 2.45) is 17.6 Å². The summed E-state index contributed by atoms with van der Waals surface area (Å²) in [6.45, 7) is 4.93. The van der Waals surface area contributed by atoms with Gasteiger partial charge in [0.15, 0.2) is 0 Å². The zero-order valence-electron chi connectivity index (χ0n) is 9.98. The van der Waals surface area contributed by atoms with Gasteiger partial charge >= 0.3 is 0 Å². The third-order valence-corrected chi connectivity index (χ3v) is 3.40. The number of nitrogens with two attached hydrogens (primary N) is 1. The normalized spacial score (nSPS) is 22.2. The predicted octanol–water partition coefficient (Wildman–Crippen LogP) is 1.54. The Hall–Kier alpha value is -0.120. The van der Waals surface area contributed by atoms with Crippen LogP contribution in [-0.4, -0.2) is 30.5 Å². The van der Waals surface area contributed by atoms with E-state index in [1.807, 2.05) is 0 Å². The zero-order chi connectivity index (χ0) is 11.3. The molecule has 0 saturated heterocycles. The van der Waals surface area contributed by atoms with E-state index in [9.17, 15) is 5.11 Å². The summed E-state index contributed by atoms with van der Waals surface area (Å²) in [5, 5.41) is 9.21. The molecule has 0 aromatic rings. The van der Waals surface area contributed by atoms with Gasteiger partial charge in [0.25, 0.3) is 0 Å². The molecule has 3 heteroatoms. The topological polar surface area (TPSA) is 55.5 Å². The van der Waals surface area contributed by atoms with Crippen molar-refractivity contribution in [1.29, 1.82) is 0 Å². The molecule has 0 radical (unpaired) electrons. The molecular formula is C12H25NO2.